The first-order valence-corrected chi connectivity index (χ1v) is 8.31. The normalized spacial score (nSPS) is 27.1. The fourth-order valence-electron chi connectivity index (χ4n) is 3.59. The summed E-state index contributed by atoms with van der Waals surface area (Å²) < 4.78 is 2.24. The maximum Gasteiger partial charge on any atom is 0.133 e. The molecule has 2 aliphatic rings. The average Bonchev–Trinajstić information content (AvgIpc) is 3.21. The van der Waals surface area contributed by atoms with Crippen LogP contribution in [-0.4, -0.2) is 38.9 Å². The van der Waals surface area contributed by atoms with Crippen LogP contribution in [0.2, 0.25) is 0 Å². The lowest BCUT2D eigenvalue weighted by Crippen LogP contribution is -2.41. The molecular weight excluding hydrogens is 290 g/mol. The first-order chi connectivity index (χ1) is 11.3. The number of aryl methyl sites for hydroxylation is 2. The molecule has 0 amide bonds. The Morgan fingerprint density at radius 2 is 2.35 bits per heavy atom. The molecule has 4 heterocycles. The standard InChI is InChI=1S/C16H23N7/c1-11-20-21-15-5-4-14(10-23(11)15)18-8-13-9-19-22-16(13)12-3-2-6-17-7-12/h2-3,6-7,13-14,16,18-19,22H,4-5,8-10H2,1H3. The Balaban J connectivity index is 1.37. The van der Waals surface area contributed by atoms with Gasteiger partial charge in [0.05, 0.1) is 6.04 Å². The zero-order chi connectivity index (χ0) is 15.6. The SMILES string of the molecule is Cc1nnc2n1CC(NCC1CNNC1c1cccnc1)CC2. The summed E-state index contributed by atoms with van der Waals surface area (Å²) in [4.78, 5) is 4.24. The smallest absolute Gasteiger partial charge is 0.133 e. The Morgan fingerprint density at radius 1 is 1.39 bits per heavy atom. The highest BCUT2D eigenvalue weighted by Crippen LogP contribution is 2.24. The summed E-state index contributed by atoms with van der Waals surface area (Å²) in [6.45, 7) is 4.96. The Labute approximate surface area is 135 Å². The number of hydrogen-bond acceptors (Lipinski definition) is 6. The second-order valence-electron chi connectivity index (χ2n) is 6.47. The van der Waals surface area contributed by atoms with E-state index >= 15 is 0 Å². The van der Waals surface area contributed by atoms with Crippen LogP contribution >= 0.6 is 0 Å². The molecule has 1 fully saturated rings. The number of hydrogen-bond donors (Lipinski definition) is 3. The first-order valence-electron chi connectivity index (χ1n) is 8.31. The van der Waals surface area contributed by atoms with E-state index in [0.29, 0.717) is 18.0 Å². The molecule has 7 heteroatoms. The number of nitrogens with zero attached hydrogens (tertiary/aromatic N) is 4. The largest absolute Gasteiger partial charge is 0.314 e. The van der Waals surface area contributed by atoms with Crippen LogP contribution in [-0.2, 0) is 13.0 Å². The van der Waals surface area contributed by atoms with Gasteiger partial charge in [0.15, 0.2) is 0 Å². The van der Waals surface area contributed by atoms with Crippen LogP contribution in [0, 0.1) is 12.8 Å². The Hall–Kier alpha value is -1.83. The summed E-state index contributed by atoms with van der Waals surface area (Å²) in [5, 5.41) is 12.2. The van der Waals surface area contributed by atoms with Crippen LogP contribution in [0.25, 0.3) is 0 Å². The minimum absolute atomic E-state index is 0.312. The van der Waals surface area contributed by atoms with Crippen molar-refractivity contribution in [2.45, 2.75) is 38.4 Å². The van der Waals surface area contributed by atoms with Gasteiger partial charge in [-0.05, 0) is 25.0 Å². The quantitative estimate of drug-likeness (QED) is 0.756. The zero-order valence-corrected chi connectivity index (χ0v) is 13.4. The maximum atomic E-state index is 4.24. The van der Waals surface area contributed by atoms with Gasteiger partial charge in [0, 0.05) is 50.4 Å². The maximum absolute atomic E-state index is 4.24. The second kappa shape index (κ2) is 6.35. The van der Waals surface area contributed by atoms with Gasteiger partial charge in [-0.2, -0.15) is 0 Å². The lowest BCUT2D eigenvalue weighted by Gasteiger charge is -2.27. The molecule has 3 N–H and O–H groups in total. The average molecular weight is 313 g/mol. The molecule has 7 nitrogen and oxygen atoms in total. The van der Waals surface area contributed by atoms with Gasteiger partial charge in [-0.3, -0.25) is 10.4 Å². The van der Waals surface area contributed by atoms with Crippen LogP contribution in [0.3, 0.4) is 0 Å². The number of nitrogens with one attached hydrogen (secondary N) is 3. The van der Waals surface area contributed by atoms with E-state index in [2.05, 4.69) is 42.0 Å². The van der Waals surface area contributed by atoms with E-state index in [1.54, 1.807) is 0 Å². The molecule has 4 rings (SSSR count). The van der Waals surface area contributed by atoms with Gasteiger partial charge in [0.25, 0.3) is 0 Å². The molecule has 122 valence electrons. The molecule has 3 atom stereocenters. The van der Waals surface area contributed by atoms with Crippen molar-refractivity contribution in [3.05, 3.63) is 41.7 Å². The summed E-state index contributed by atoms with van der Waals surface area (Å²) in [7, 11) is 0. The molecule has 0 saturated carbocycles. The van der Waals surface area contributed by atoms with Gasteiger partial charge >= 0.3 is 0 Å². The van der Waals surface area contributed by atoms with Gasteiger partial charge in [-0.15, -0.1) is 10.2 Å². The minimum Gasteiger partial charge on any atom is -0.314 e. The summed E-state index contributed by atoms with van der Waals surface area (Å²) in [6.07, 6.45) is 5.90. The van der Waals surface area contributed by atoms with Crippen LogP contribution < -0.4 is 16.2 Å². The molecule has 1 saturated heterocycles. The third-order valence-corrected chi connectivity index (χ3v) is 4.94. The van der Waals surface area contributed by atoms with E-state index in [-0.39, 0.29) is 0 Å². The Morgan fingerprint density at radius 3 is 3.22 bits per heavy atom. The topological polar surface area (TPSA) is 79.7 Å². The summed E-state index contributed by atoms with van der Waals surface area (Å²) in [5.41, 5.74) is 7.90. The van der Waals surface area contributed by atoms with Gasteiger partial charge in [-0.25, -0.2) is 5.43 Å². The van der Waals surface area contributed by atoms with Crippen LogP contribution in [0.4, 0.5) is 0 Å². The molecule has 2 aromatic heterocycles. The second-order valence-corrected chi connectivity index (χ2v) is 6.47. The molecule has 0 aromatic carbocycles. The van der Waals surface area contributed by atoms with Crippen LogP contribution in [0.1, 0.15) is 29.7 Å². The van der Waals surface area contributed by atoms with E-state index in [4.69, 9.17) is 0 Å². The number of fused-ring (bicyclic) bond motifs is 1. The third kappa shape index (κ3) is 2.99. The predicted octanol–water partition coefficient (Wildman–Crippen LogP) is 0.351. The van der Waals surface area contributed by atoms with Crippen molar-refractivity contribution in [3.8, 4) is 0 Å². The molecular formula is C16H23N7. The van der Waals surface area contributed by atoms with Crippen LogP contribution in [0.5, 0.6) is 0 Å². The van der Waals surface area contributed by atoms with Crippen molar-refractivity contribution >= 4 is 0 Å². The number of pyridine rings is 1. The highest BCUT2D eigenvalue weighted by atomic mass is 15.4. The van der Waals surface area contributed by atoms with E-state index < -0.39 is 0 Å². The highest BCUT2D eigenvalue weighted by molar-refractivity contribution is 5.16. The molecule has 2 aromatic rings. The molecule has 0 aliphatic carbocycles. The summed E-state index contributed by atoms with van der Waals surface area (Å²) in [6, 6.07) is 4.94. The summed E-state index contributed by atoms with van der Waals surface area (Å²) in [5.74, 6) is 2.66. The van der Waals surface area contributed by atoms with Gasteiger partial charge in [0.2, 0.25) is 0 Å². The fraction of sp³-hybridized carbons (Fsp3) is 0.562. The monoisotopic (exact) mass is 313 g/mol. The van der Waals surface area contributed by atoms with Crippen LogP contribution in [0.15, 0.2) is 24.5 Å². The lowest BCUT2D eigenvalue weighted by atomic mass is 9.95. The highest BCUT2D eigenvalue weighted by Gasteiger charge is 2.29. The number of hydrazine groups is 1. The van der Waals surface area contributed by atoms with E-state index in [1.165, 1.54) is 5.56 Å². The predicted molar refractivity (Wildman–Crippen MR) is 86.5 cm³/mol. The van der Waals surface area contributed by atoms with Crippen molar-refractivity contribution in [2.24, 2.45) is 5.92 Å². The number of rotatable bonds is 4. The van der Waals surface area contributed by atoms with Crippen molar-refractivity contribution in [2.75, 3.05) is 13.1 Å². The molecule has 0 bridgehead atoms. The molecule has 2 aliphatic heterocycles. The van der Waals surface area contributed by atoms with Gasteiger partial charge in [0.1, 0.15) is 11.6 Å². The lowest BCUT2D eigenvalue weighted by molar-refractivity contribution is 0.341. The number of aromatic nitrogens is 4. The summed E-state index contributed by atoms with van der Waals surface area (Å²) >= 11 is 0. The molecule has 0 spiro atoms. The van der Waals surface area contributed by atoms with Crippen molar-refractivity contribution in [1.29, 1.82) is 0 Å². The van der Waals surface area contributed by atoms with E-state index in [0.717, 1.165) is 44.1 Å². The van der Waals surface area contributed by atoms with Crippen molar-refractivity contribution in [1.82, 2.24) is 35.9 Å². The first kappa shape index (κ1) is 14.7. The van der Waals surface area contributed by atoms with E-state index in [9.17, 15) is 0 Å². The van der Waals surface area contributed by atoms with E-state index in [1.807, 2.05) is 25.4 Å². The molecule has 23 heavy (non-hydrogen) atoms. The van der Waals surface area contributed by atoms with Crippen molar-refractivity contribution < 1.29 is 0 Å². The molecule has 3 unspecified atom stereocenters. The van der Waals surface area contributed by atoms with Crippen molar-refractivity contribution in [3.63, 3.8) is 0 Å². The Kier molecular flexibility index (Phi) is 4.07. The Bertz CT molecular complexity index is 654. The fourth-order valence-corrected chi connectivity index (χ4v) is 3.59. The molecule has 0 radical (unpaired) electrons. The van der Waals surface area contributed by atoms with Gasteiger partial charge in [-0.1, -0.05) is 6.07 Å². The zero-order valence-electron chi connectivity index (χ0n) is 13.4. The minimum atomic E-state index is 0.312. The van der Waals surface area contributed by atoms with Gasteiger partial charge < -0.3 is 9.88 Å². The third-order valence-electron chi connectivity index (χ3n) is 4.94.